The van der Waals surface area contributed by atoms with E-state index in [9.17, 15) is 0 Å². The molecule has 0 radical (unpaired) electrons. The van der Waals surface area contributed by atoms with Crippen molar-refractivity contribution in [3.63, 3.8) is 0 Å². The first-order valence-corrected chi connectivity index (χ1v) is 6.19. The zero-order valence-electron chi connectivity index (χ0n) is 9.73. The predicted molar refractivity (Wildman–Crippen MR) is 59.9 cm³/mol. The Hall–Kier alpha value is 0. The highest BCUT2D eigenvalue weighted by Crippen LogP contribution is 2.41. The Labute approximate surface area is 84.1 Å². The Balaban J connectivity index is 2.54. The van der Waals surface area contributed by atoms with Gasteiger partial charge in [-0.25, -0.2) is 0 Å². The third-order valence-electron chi connectivity index (χ3n) is 4.15. The molecule has 78 valence electrons. The smallest absolute Gasteiger partial charge is 0.0300 e. The summed E-state index contributed by atoms with van der Waals surface area (Å²) in [6.07, 6.45) is 11.6. The standard InChI is InChI=1S/C13H26/c1-4-10-13(3)11-8-6-5-7-9-12(13)2/h12H,4-11H2,1-3H3. The summed E-state index contributed by atoms with van der Waals surface area (Å²) in [6.45, 7) is 7.32. The molecule has 1 rings (SSSR count). The van der Waals surface area contributed by atoms with Gasteiger partial charge in [0.1, 0.15) is 0 Å². The van der Waals surface area contributed by atoms with Gasteiger partial charge in [0, 0.05) is 0 Å². The van der Waals surface area contributed by atoms with Crippen LogP contribution in [0, 0.1) is 11.3 Å². The van der Waals surface area contributed by atoms with Crippen molar-refractivity contribution in [1.82, 2.24) is 0 Å². The molecule has 2 unspecified atom stereocenters. The van der Waals surface area contributed by atoms with Crippen LogP contribution in [0.5, 0.6) is 0 Å². The van der Waals surface area contributed by atoms with Crippen LogP contribution in [0.15, 0.2) is 0 Å². The van der Waals surface area contributed by atoms with E-state index in [0.717, 1.165) is 5.92 Å². The van der Waals surface area contributed by atoms with E-state index >= 15 is 0 Å². The SMILES string of the molecule is CCCC1(C)CCCCCCC1C. The second kappa shape index (κ2) is 5.02. The van der Waals surface area contributed by atoms with Crippen molar-refractivity contribution < 1.29 is 0 Å². The lowest BCUT2D eigenvalue weighted by Crippen LogP contribution is -2.26. The lowest BCUT2D eigenvalue weighted by molar-refractivity contribution is 0.137. The van der Waals surface area contributed by atoms with Crippen molar-refractivity contribution in [2.45, 2.75) is 72.1 Å². The maximum atomic E-state index is 2.52. The third kappa shape index (κ3) is 3.00. The summed E-state index contributed by atoms with van der Waals surface area (Å²) in [6, 6.07) is 0. The maximum Gasteiger partial charge on any atom is -0.0300 e. The van der Waals surface area contributed by atoms with Crippen LogP contribution in [0.25, 0.3) is 0 Å². The predicted octanol–water partition coefficient (Wildman–Crippen LogP) is 4.78. The fourth-order valence-corrected chi connectivity index (χ4v) is 2.87. The first-order chi connectivity index (χ1) is 6.19. The Kier molecular flexibility index (Phi) is 4.28. The van der Waals surface area contributed by atoms with E-state index in [2.05, 4.69) is 20.8 Å². The molecule has 0 saturated heterocycles. The summed E-state index contributed by atoms with van der Waals surface area (Å²) in [5.41, 5.74) is 0.662. The molecule has 0 N–H and O–H groups in total. The Morgan fingerprint density at radius 1 is 1.15 bits per heavy atom. The van der Waals surface area contributed by atoms with Gasteiger partial charge in [-0.05, 0) is 24.2 Å². The quantitative estimate of drug-likeness (QED) is 0.576. The van der Waals surface area contributed by atoms with E-state index < -0.39 is 0 Å². The molecule has 13 heavy (non-hydrogen) atoms. The fraction of sp³-hybridized carbons (Fsp3) is 1.00. The molecule has 0 spiro atoms. The molecule has 0 aliphatic heterocycles. The zero-order valence-corrected chi connectivity index (χ0v) is 9.73. The molecule has 1 fully saturated rings. The summed E-state index contributed by atoms with van der Waals surface area (Å²) in [7, 11) is 0. The highest BCUT2D eigenvalue weighted by molar-refractivity contribution is 4.81. The van der Waals surface area contributed by atoms with E-state index in [1.807, 2.05) is 0 Å². The molecule has 1 aliphatic carbocycles. The molecule has 0 aromatic carbocycles. The van der Waals surface area contributed by atoms with Crippen LogP contribution in [0.2, 0.25) is 0 Å². The normalized spacial score (nSPS) is 36.7. The van der Waals surface area contributed by atoms with Gasteiger partial charge in [-0.1, -0.05) is 59.3 Å². The average Bonchev–Trinajstić information content (AvgIpc) is 2.09. The molecule has 2 atom stereocenters. The van der Waals surface area contributed by atoms with E-state index in [4.69, 9.17) is 0 Å². The van der Waals surface area contributed by atoms with Crippen molar-refractivity contribution in [2.75, 3.05) is 0 Å². The Morgan fingerprint density at radius 2 is 1.85 bits per heavy atom. The lowest BCUT2D eigenvalue weighted by Gasteiger charge is -2.37. The molecule has 1 aliphatic rings. The molecule has 0 heterocycles. The number of hydrogen-bond donors (Lipinski definition) is 0. The van der Waals surface area contributed by atoms with Crippen molar-refractivity contribution in [3.8, 4) is 0 Å². The molecular formula is C13H26. The average molecular weight is 182 g/mol. The summed E-state index contributed by atoms with van der Waals surface area (Å²) in [4.78, 5) is 0. The first kappa shape index (κ1) is 11.1. The van der Waals surface area contributed by atoms with Crippen molar-refractivity contribution in [1.29, 1.82) is 0 Å². The van der Waals surface area contributed by atoms with Crippen LogP contribution in [0.3, 0.4) is 0 Å². The molecule has 0 aromatic rings. The molecular weight excluding hydrogens is 156 g/mol. The fourth-order valence-electron chi connectivity index (χ4n) is 2.87. The zero-order chi connectivity index (χ0) is 9.73. The molecule has 1 saturated carbocycles. The van der Waals surface area contributed by atoms with Gasteiger partial charge in [0.25, 0.3) is 0 Å². The van der Waals surface area contributed by atoms with Crippen LogP contribution >= 0.6 is 0 Å². The van der Waals surface area contributed by atoms with Crippen LogP contribution in [0.1, 0.15) is 72.1 Å². The lowest BCUT2D eigenvalue weighted by atomic mass is 9.68. The van der Waals surface area contributed by atoms with Crippen molar-refractivity contribution in [3.05, 3.63) is 0 Å². The summed E-state index contributed by atoms with van der Waals surface area (Å²) < 4.78 is 0. The van der Waals surface area contributed by atoms with Gasteiger partial charge >= 0.3 is 0 Å². The Bertz CT molecular complexity index is 139. The van der Waals surface area contributed by atoms with E-state index in [1.54, 1.807) is 0 Å². The highest BCUT2D eigenvalue weighted by atomic mass is 14.3. The minimum Gasteiger partial charge on any atom is -0.0654 e. The monoisotopic (exact) mass is 182 g/mol. The maximum absolute atomic E-state index is 2.52. The number of hydrogen-bond acceptors (Lipinski definition) is 0. The second-order valence-electron chi connectivity index (χ2n) is 5.26. The second-order valence-corrected chi connectivity index (χ2v) is 5.26. The minimum absolute atomic E-state index is 0.662. The molecule has 0 heteroatoms. The van der Waals surface area contributed by atoms with Crippen LogP contribution < -0.4 is 0 Å². The molecule has 0 bridgehead atoms. The van der Waals surface area contributed by atoms with E-state index in [-0.39, 0.29) is 0 Å². The molecule has 0 amide bonds. The largest absolute Gasteiger partial charge is 0.0654 e. The van der Waals surface area contributed by atoms with E-state index in [1.165, 1.54) is 51.4 Å². The van der Waals surface area contributed by atoms with Gasteiger partial charge in [-0.2, -0.15) is 0 Å². The highest BCUT2D eigenvalue weighted by Gasteiger charge is 2.30. The molecule has 0 aromatic heterocycles. The first-order valence-electron chi connectivity index (χ1n) is 6.19. The summed E-state index contributed by atoms with van der Waals surface area (Å²) in [5, 5.41) is 0. The topological polar surface area (TPSA) is 0 Å². The summed E-state index contributed by atoms with van der Waals surface area (Å²) in [5.74, 6) is 0.952. The Morgan fingerprint density at radius 3 is 2.54 bits per heavy atom. The van der Waals surface area contributed by atoms with Crippen molar-refractivity contribution >= 4 is 0 Å². The van der Waals surface area contributed by atoms with Crippen LogP contribution in [-0.4, -0.2) is 0 Å². The van der Waals surface area contributed by atoms with Gasteiger partial charge in [0.2, 0.25) is 0 Å². The van der Waals surface area contributed by atoms with Gasteiger partial charge in [0.05, 0.1) is 0 Å². The molecule has 0 nitrogen and oxygen atoms in total. The van der Waals surface area contributed by atoms with Gasteiger partial charge in [-0.15, -0.1) is 0 Å². The van der Waals surface area contributed by atoms with E-state index in [0.29, 0.717) is 5.41 Å². The minimum atomic E-state index is 0.662. The van der Waals surface area contributed by atoms with Gasteiger partial charge in [0.15, 0.2) is 0 Å². The summed E-state index contributed by atoms with van der Waals surface area (Å²) >= 11 is 0. The van der Waals surface area contributed by atoms with Crippen LogP contribution in [0.4, 0.5) is 0 Å². The van der Waals surface area contributed by atoms with Gasteiger partial charge < -0.3 is 0 Å². The van der Waals surface area contributed by atoms with Crippen LogP contribution in [-0.2, 0) is 0 Å². The van der Waals surface area contributed by atoms with Gasteiger partial charge in [-0.3, -0.25) is 0 Å². The number of rotatable bonds is 2. The third-order valence-corrected chi connectivity index (χ3v) is 4.15. The van der Waals surface area contributed by atoms with Crippen molar-refractivity contribution in [2.24, 2.45) is 11.3 Å².